The molecule has 4 nitrogen and oxygen atoms in total. The Morgan fingerprint density at radius 2 is 1.90 bits per heavy atom. The molecule has 0 aromatic rings. The normalized spacial score (nSPS) is 26.1. The number of thioether (sulfide) groups is 1. The van der Waals surface area contributed by atoms with Crippen LogP contribution >= 0.6 is 11.8 Å². The highest BCUT2D eigenvalue weighted by molar-refractivity contribution is 8.00. The van der Waals surface area contributed by atoms with Crippen LogP contribution in [0.3, 0.4) is 0 Å². The Hall–Kier alpha value is -0.710. The van der Waals surface area contributed by atoms with Crippen molar-refractivity contribution in [3.63, 3.8) is 0 Å². The summed E-state index contributed by atoms with van der Waals surface area (Å²) in [5.74, 6) is 0.263. The molecule has 1 unspecified atom stereocenters. The first-order chi connectivity index (χ1) is 10.1. The van der Waals surface area contributed by atoms with Crippen molar-refractivity contribution in [3.8, 4) is 0 Å². The number of carbonyl (C=O) groups is 2. The van der Waals surface area contributed by atoms with Crippen LogP contribution in [0.15, 0.2) is 0 Å². The first kappa shape index (κ1) is 16.7. The topological polar surface area (TPSA) is 57.6 Å². The van der Waals surface area contributed by atoms with E-state index in [0.29, 0.717) is 18.1 Å². The van der Waals surface area contributed by atoms with Crippen molar-refractivity contribution in [2.45, 2.75) is 63.5 Å². The third kappa shape index (κ3) is 4.15. The van der Waals surface area contributed by atoms with Crippen LogP contribution in [-0.2, 0) is 9.59 Å². The van der Waals surface area contributed by atoms with E-state index in [4.69, 9.17) is 0 Å². The van der Waals surface area contributed by atoms with E-state index in [-0.39, 0.29) is 12.3 Å². The van der Waals surface area contributed by atoms with Gasteiger partial charge < -0.3 is 10.0 Å². The van der Waals surface area contributed by atoms with Crippen molar-refractivity contribution >= 4 is 23.6 Å². The fraction of sp³-hybridized carbons (Fsp3) is 0.875. The Bertz CT molecular complexity index is 378. The Morgan fingerprint density at radius 3 is 2.48 bits per heavy atom. The highest BCUT2D eigenvalue weighted by atomic mass is 32.2. The van der Waals surface area contributed by atoms with E-state index in [1.54, 1.807) is 0 Å². The number of aliphatic carboxylic acids is 1. The van der Waals surface area contributed by atoms with E-state index < -0.39 is 11.4 Å². The Balaban J connectivity index is 2.02. The molecule has 1 saturated carbocycles. The van der Waals surface area contributed by atoms with Gasteiger partial charge in [-0.15, -0.1) is 0 Å². The molecular formula is C16H27NO3S. The van der Waals surface area contributed by atoms with Gasteiger partial charge in [-0.25, -0.2) is 0 Å². The van der Waals surface area contributed by atoms with Gasteiger partial charge in [-0.2, -0.15) is 11.8 Å². The molecule has 1 saturated heterocycles. The van der Waals surface area contributed by atoms with Gasteiger partial charge in [0.25, 0.3) is 0 Å². The summed E-state index contributed by atoms with van der Waals surface area (Å²) in [5, 5.41) is 10.2. The van der Waals surface area contributed by atoms with Crippen LogP contribution in [0.25, 0.3) is 0 Å². The number of rotatable bonds is 4. The summed E-state index contributed by atoms with van der Waals surface area (Å²) in [6, 6.07) is 0. The monoisotopic (exact) mass is 313 g/mol. The molecule has 2 aliphatic rings. The lowest BCUT2D eigenvalue weighted by Gasteiger charge is -2.35. The fourth-order valence-corrected chi connectivity index (χ4v) is 4.65. The van der Waals surface area contributed by atoms with E-state index >= 15 is 0 Å². The van der Waals surface area contributed by atoms with Gasteiger partial charge in [0.2, 0.25) is 5.91 Å². The van der Waals surface area contributed by atoms with Crippen LogP contribution in [-0.4, -0.2) is 46.0 Å². The number of carboxylic acids is 1. The fourth-order valence-electron chi connectivity index (χ4n) is 3.47. The number of nitrogens with zero attached hydrogens (tertiary/aromatic N) is 1. The highest BCUT2D eigenvalue weighted by Gasteiger charge is 2.41. The molecule has 0 aromatic carbocycles. The van der Waals surface area contributed by atoms with Crippen molar-refractivity contribution in [1.82, 2.24) is 4.90 Å². The molecular weight excluding hydrogens is 286 g/mol. The van der Waals surface area contributed by atoms with Gasteiger partial charge in [-0.05, 0) is 19.3 Å². The zero-order valence-corrected chi connectivity index (χ0v) is 13.8. The van der Waals surface area contributed by atoms with Crippen molar-refractivity contribution in [2.75, 3.05) is 18.8 Å². The molecule has 0 aromatic heterocycles. The van der Waals surface area contributed by atoms with Crippen LogP contribution in [0.2, 0.25) is 0 Å². The maximum Gasteiger partial charge on any atom is 0.310 e. The molecule has 1 amide bonds. The van der Waals surface area contributed by atoms with Gasteiger partial charge in [0.15, 0.2) is 0 Å². The molecule has 1 aliphatic carbocycles. The van der Waals surface area contributed by atoms with Gasteiger partial charge in [-0.3, -0.25) is 9.59 Å². The average Bonchev–Trinajstić information content (AvgIpc) is 2.74. The maximum atomic E-state index is 12.6. The number of hydrogen-bond acceptors (Lipinski definition) is 3. The van der Waals surface area contributed by atoms with Crippen LogP contribution in [0.4, 0.5) is 0 Å². The molecule has 0 bridgehead atoms. The molecule has 2 fully saturated rings. The highest BCUT2D eigenvalue weighted by Crippen LogP contribution is 2.39. The van der Waals surface area contributed by atoms with E-state index in [2.05, 4.69) is 6.92 Å². The second-order valence-corrected chi connectivity index (χ2v) is 7.83. The number of amides is 1. The zero-order valence-electron chi connectivity index (χ0n) is 13.0. The summed E-state index contributed by atoms with van der Waals surface area (Å²) < 4.78 is 0. The standard InChI is InChI=1S/C16H27NO3S/c1-2-13-12-17(9-10-21-13)14(18)11-16(15(19)20)7-5-3-4-6-8-16/h13H,2-12H2,1H3,(H,19,20). The van der Waals surface area contributed by atoms with Crippen LogP contribution < -0.4 is 0 Å². The number of hydrogen-bond donors (Lipinski definition) is 1. The molecule has 0 spiro atoms. The summed E-state index contributed by atoms with van der Waals surface area (Å²) >= 11 is 1.93. The minimum atomic E-state index is -0.806. The van der Waals surface area contributed by atoms with Crippen LogP contribution in [0.5, 0.6) is 0 Å². The van der Waals surface area contributed by atoms with E-state index in [1.807, 2.05) is 16.7 Å². The van der Waals surface area contributed by atoms with Crippen molar-refractivity contribution in [1.29, 1.82) is 0 Å². The molecule has 2 rings (SSSR count). The van der Waals surface area contributed by atoms with Crippen molar-refractivity contribution in [3.05, 3.63) is 0 Å². The van der Waals surface area contributed by atoms with Crippen LogP contribution in [0.1, 0.15) is 58.3 Å². The minimum Gasteiger partial charge on any atom is -0.481 e. The lowest BCUT2D eigenvalue weighted by Crippen LogP contribution is -2.45. The summed E-state index contributed by atoms with van der Waals surface area (Å²) in [4.78, 5) is 26.3. The van der Waals surface area contributed by atoms with Crippen LogP contribution in [0, 0.1) is 5.41 Å². The predicted octanol–water partition coefficient (Wildman–Crippen LogP) is 3.16. The molecule has 1 N–H and O–H groups in total. The largest absolute Gasteiger partial charge is 0.481 e. The van der Waals surface area contributed by atoms with E-state index in [1.165, 1.54) is 0 Å². The quantitative estimate of drug-likeness (QED) is 0.810. The molecule has 1 aliphatic heterocycles. The van der Waals surface area contributed by atoms with Gasteiger partial charge >= 0.3 is 5.97 Å². The summed E-state index contributed by atoms with van der Waals surface area (Å²) in [6.07, 6.45) is 6.66. The second kappa shape index (κ2) is 7.52. The second-order valence-electron chi connectivity index (χ2n) is 6.42. The number of carboxylic acid groups (broad SMARTS) is 1. The third-order valence-corrected chi connectivity index (χ3v) is 6.32. The Morgan fingerprint density at radius 1 is 1.24 bits per heavy atom. The summed E-state index contributed by atoms with van der Waals surface area (Å²) in [5.41, 5.74) is -0.806. The van der Waals surface area contributed by atoms with E-state index in [0.717, 1.165) is 50.9 Å². The SMILES string of the molecule is CCC1CN(C(=O)CC2(C(=O)O)CCCCCC2)CCS1. The zero-order chi connectivity index (χ0) is 15.3. The molecule has 1 heterocycles. The lowest BCUT2D eigenvalue weighted by molar-refractivity contribution is -0.154. The Labute approximate surface area is 131 Å². The van der Waals surface area contributed by atoms with Gasteiger partial charge in [0.1, 0.15) is 0 Å². The first-order valence-electron chi connectivity index (χ1n) is 8.20. The minimum absolute atomic E-state index is 0.0538. The smallest absolute Gasteiger partial charge is 0.310 e. The molecule has 1 atom stereocenters. The van der Waals surface area contributed by atoms with Crippen molar-refractivity contribution < 1.29 is 14.7 Å². The third-order valence-electron chi connectivity index (χ3n) is 4.95. The maximum absolute atomic E-state index is 12.6. The molecule has 21 heavy (non-hydrogen) atoms. The average molecular weight is 313 g/mol. The lowest BCUT2D eigenvalue weighted by atomic mass is 9.77. The Kier molecular flexibility index (Phi) is 5.97. The number of carbonyl (C=O) groups excluding carboxylic acids is 1. The molecule has 120 valence electrons. The van der Waals surface area contributed by atoms with Gasteiger partial charge in [-0.1, -0.05) is 32.6 Å². The summed E-state index contributed by atoms with van der Waals surface area (Å²) in [7, 11) is 0. The van der Waals surface area contributed by atoms with Crippen molar-refractivity contribution in [2.24, 2.45) is 5.41 Å². The van der Waals surface area contributed by atoms with Gasteiger partial charge in [0.05, 0.1) is 5.41 Å². The first-order valence-corrected chi connectivity index (χ1v) is 9.25. The predicted molar refractivity (Wildman–Crippen MR) is 85.5 cm³/mol. The molecule has 5 heteroatoms. The summed E-state index contributed by atoms with van der Waals surface area (Å²) in [6.45, 7) is 3.71. The van der Waals surface area contributed by atoms with E-state index in [9.17, 15) is 14.7 Å². The van der Waals surface area contributed by atoms with Gasteiger partial charge in [0, 0.05) is 30.5 Å². The molecule has 0 radical (unpaired) electrons.